The number of carbonyl (C=O) groups is 1. The zero-order chi connectivity index (χ0) is 8.81. The van der Waals surface area contributed by atoms with Crippen LogP contribution in [0.15, 0.2) is 0 Å². The van der Waals surface area contributed by atoms with Crippen molar-refractivity contribution in [3.8, 4) is 11.8 Å². The molecule has 0 unspecified atom stereocenters. The summed E-state index contributed by atoms with van der Waals surface area (Å²) in [5.74, 6) is 5.24. The van der Waals surface area contributed by atoms with Crippen molar-refractivity contribution in [1.82, 2.24) is 4.90 Å². The molecule has 0 aromatic carbocycles. The van der Waals surface area contributed by atoms with E-state index in [4.69, 9.17) is 0 Å². The number of carbonyl (C=O) groups excluding carboxylic acids is 1. The van der Waals surface area contributed by atoms with Gasteiger partial charge >= 0.3 is 0 Å². The lowest BCUT2D eigenvalue weighted by atomic mass is 10.1. The van der Waals surface area contributed by atoms with Crippen molar-refractivity contribution in [2.45, 2.75) is 25.7 Å². The first kappa shape index (κ1) is 9.12. The van der Waals surface area contributed by atoms with Gasteiger partial charge in [-0.15, -0.1) is 0 Å². The van der Waals surface area contributed by atoms with Crippen molar-refractivity contribution >= 4 is 5.91 Å². The quantitative estimate of drug-likeness (QED) is 0.493. The Kier molecular flexibility index (Phi) is 3.66. The summed E-state index contributed by atoms with van der Waals surface area (Å²) in [4.78, 5) is 13.1. The highest BCUT2D eigenvalue weighted by Gasteiger charge is 2.13. The Hall–Kier alpha value is -0.970. The van der Waals surface area contributed by atoms with Gasteiger partial charge in [-0.1, -0.05) is 5.92 Å². The first-order valence-corrected chi connectivity index (χ1v) is 4.41. The number of likely N-dealkylation sites (tertiary alicyclic amines) is 1. The smallest absolute Gasteiger partial charge is 0.298 e. The molecule has 12 heavy (non-hydrogen) atoms. The topological polar surface area (TPSA) is 20.3 Å². The molecule has 1 aliphatic rings. The van der Waals surface area contributed by atoms with Crippen molar-refractivity contribution in [1.29, 1.82) is 0 Å². The number of rotatable bonds is 0. The van der Waals surface area contributed by atoms with Crippen LogP contribution >= 0.6 is 0 Å². The summed E-state index contributed by atoms with van der Waals surface area (Å²) in [7, 11) is 0. The predicted molar refractivity (Wildman–Crippen MR) is 48.2 cm³/mol. The highest BCUT2D eigenvalue weighted by atomic mass is 16.2. The number of nitrogens with zero attached hydrogens (tertiary/aromatic N) is 1. The zero-order valence-corrected chi connectivity index (χ0v) is 7.31. The minimum Gasteiger partial charge on any atom is -0.332 e. The second-order valence-electron chi connectivity index (χ2n) is 2.90. The van der Waals surface area contributed by atoms with Crippen LogP contribution in [0.5, 0.6) is 0 Å². The second-order valence-corrected chi connectivity index (χ2v) is 2.90. The molecule has 0 aromatic rings. The first-order valence-electron chi connectivity index (χ1n) is 4.41. The third kappa shape index (κ3) is 2.58. The van der Waals surface area contributed by atoms with Crippen molar-refractivity contribution in [3.63, 3.8) is 0 Å². The van der Waals surface area contributed by atoms with Gasteiger partial charge in [-0.25, -0.2) is 0 Å². The fraction of sp³-hybridized carbons (Fsp3) is 0.600. The Balaban J connectivity index is 2.40. The molecular formula is C10H14NO. The summed E-state index contributed by atoms with van der Waals surface area (Å²) in [6, 6.07) is 0. The molecule has 2 heteroatoms. The van der Waals surface area contributed by atoms with E-state index >= 15 is 0 Å². The maximum atomic E-state index is 11.3. The summed E-state index contributed by atoms with van der Waals surface area (Å²) in [6.45, 7) is 5.32. The fourth-order valence-corrected chi connectivity index (χ4v) is 1.31. The van der Waals surface area contributed by atoms with Crippen molar-refractivity contribution in [2.24, 2.45) is 0 Å². The molecule has 1 radical (unpaired) electrons. The van der Waals surface area contributed by atoms with Gasteiger partial charge in [0.2, 0.25) is 0 Å². The Bertz CT molecular complexity index is 206. The molecule has 2 nitrogen and oxygen atoms in total. The molecule has 65 valence electrons. The van der Waals surface area contributed by atoms with Gasteiger partial charge in [-0.2, -0.15) is 0 Å². The lowest BCUT2D eigenvalue weighted by Gasteiger charge is -2.24. The third-order valence-corrected chi connectivity index (χ3v) is 1.96. The van der Waals surface area contributed by atoms with E-state index in [2.05, 4.69) is 18.8 Å². The average Bonchev–Trinajstić information content (AvgIpc) is 2.15. The van der Waals surface area contributed by atoms with E-state index < -0.39 is 0 Å². The molecule has 0 atom stereocenters. The molecule has 1 saturated heterocycles. The zero-order valence-electron chi connectivity index (χ0n) is 7.31. The standard InChI is InChI=1S/C10H14NO/c1-2-3-7-10(12)11-8-5-4-6-9-11/h1-2,4-6,8-9H2. The van der Waals surface area contributed by atoms with Crippen LogP contribution in [0.1, 0.15) is 25.7 Å². The molecule has 1 fully saturated rings. The average molecular weight is 164 g/mol. The van der Waals surface area contributed by atoms with Gasteiger partial charge < -0.3 is 4.90 Å². The highest BCUT2D eigenvalue weighted by Crippen LogP contribution is 2.07. The molecule has 1 heterocycles. The molecule has 0 spiro atoms. The van der Waals surface area contributed by atoms with Gasteiger partial charge in [0.15, 0.2) is 0 Å². The molecular weight excluding hydrogens is 150 g/mol. The van der Waals surface area contributed by atoms with Crippen LogP contribution in [-0.2, 0) is 4.79 Å². The summed E-state index contributed by atoms with van der Waals surface area (Å²) < 4.78 is 0. The van der Waals surface area contributed by atoms with Gasteiger partial charge in [0, 0.05) is 19.5 Å². The number of amides is 1. The van der Waals surface area contributed by atoms with Crippen LogP contribution in [0.4, 0.5) is 0 Å². The first-order chi connectivity index (χ1) is 5.84. The molecule has 1 rings (SSSR count). The van der Waals surface area contributed by atoms with E-state index in [9.17, 15) is 4.79 Å². The fourth-order valence-electron chi connectivity index (χ4n) is 1.31. The van der Waals surface area contributed by atoms with E-state index in [1.54, 1.807) is 0 Å². The highest BCUT2D eigenvalue weighted by molar-refractivity contribution is 5.93. The second kappa shape index (κ2) is 4.82. The molecule has 0 bridgehead atoms. The lowest BCUT2D eigenvalue weighted by molar-refractivity contribution is -0.125. The van der Waals surface area contributed by atoms with Crippen molar-refractivity contribution in [3.05, 3.63) is 6.92 Å². The van der Waals surface area contributed by atoms with E-state index in [1.807, 2.05) is 4.90 Å². The summed E-state index contributed by atoms with van der Waals surface area (Å²) in [5, 5.41) is 0. The van der Waals surface area contributed by atoms with Gasteiger partial charge in [0.25, 0.3) is 5.91 Å². The minimum atomic E-state index is -0.0293. The van der Waals surface area contributed by atoms with Crippen LogP contribution in [-0.4, -0.2) is 23.9 Å². The van der Waals surface area contributed by atoms with E-state index in [1.165, 1.54) is 6.42 Å². The third-order valence-electron chi connectivity index (χ3n) is 1.96. The van der Waals surface area contributed by atoms with Crippen molar-refractivity contribution in [2.75, 3.05) is 13.1 Å². The number of hydrogen-bond donors (Lipinski definition) is 0. The Morgan fingerprint density at radius 2 is 2.00 bits per heavy atom. The van der Waals surface area contributed by atoms with E-state index in [-0.39, 0.29) is 5.91 Å². The summed E-state index contributed by atoms with van der Waals surface area (Å²) in [6.07, 6.45) is 4.00. The Morgan fingerprint density at radius 3 is 2.58 bits per heavy atom. The van der Waals surface area contributed by atoms with Crippen LogP contribution in [0, 0.1) is 18.8 Å². The van der Waals surface area contributed by atoms with Crippen LogP contribution < -0.4 is 0 Å². The Morgan fingerprint density at radius 1 is 1.33 bits per heavy atom. The molecule has 0 aromatic heterocycles. The van der Waals surface area contributed by atoms with Crippen molar-refractivity contribution < 1.29 is 4.79 Å². The molecule has 0 N–H and O–H groups in total. The van der Waals surface area contributed by atoms with Crippen LogP contribution in [0.3, 0.4) is 0 Å². The predicted octanol–water partition coefficient (Wildman–Crippen LogP) is 1.23. The molecule has 1 amide bonds. The SMILES string of the molecule is [CH2]CC#CC(=O)N1CCCCC1. The largest absolute Gasteiger partial charge is 0.332 e. The number of piperidine rings is 1. The van der Waals surface area contributed by atoms with Gasteiger partial charge in [-0.3, -0.25) is 4.79 Å². The monoisotopic (exact) mass is 164 g/mol. The normalized spacial score (nSPS) is 16.6. The summed E-state index contributed by atoms with van der Waals surface area (Å²) in [5.41, 5.74) is 0. The van der Waals surface area contributed by atoms with Gasteiger partial charge in [0.1, 0.15) is 0 Å². The maximum Gasteiger partial charge on any atom is 0.298 e. The van der Waals surface area contributed by atoms with Gasteiger partial charge in [-0.05, 0) is 32.1 Å². The van der Waals surface area contributed by atoms with E-state index in [0.29, 0.717) is 6.42 Å². The Labute approximate surface area is 73.9 Å². The summed E-state index contributed by atoms with van der Waals surface area (Å²) >= 11 is 0. The molecule has 0 saturated carbocycles. The van der Waals surface area contributed by atoms with Gasteiger partial charge in [0.05, 0.1) is 0 Å². The van der Waals surface area contributed by atoms with Crippen LogP contribution in [0.2, 0.25) is 0 Å². The number of hydrogen-bond acceptors (Lipinski definition) is 1. The molecule has 0 aliphatic carbocycles. The van der Waals surface area contributed by atoms with E-state index in [0.717, 1.165) is 25.9 Å². The van der Waals surface area contributed by atoms with Crippen LogP contribution in [0.25, 0.3) is 0 Å². The lowest BCUT2D eigenvalue weighted by Crippen LogP contribution is -2.34. The molecule has 1 aliphatic heterocycles. The maximum absolute atomic E-state index is 11.3. The minimum absolute atomic E-state index is 0.0293.